The van der Waals surface area contributed by atoms with Crippen LogP contribution in [0.15, 0.2) is 48.8 Å². The molecule has 1 atom stereocenters. The molecule has 0 unspecified atom stereocenters. The minimum Gasteiger partial charge on any atom is -0.407 e. The molecule has 1 N–H and O–H groups in total. The third-order valence-corrected chi connectivity index (χ3v) is 5.58. The summed E-state index contributed by atoms with van der Waals surface area (Å²) in [4.78, 5) is 28.4. The van der Waals surface area contributed by atoms with Gasteiger partial charge in [0, 0.05) is 31.3 Å². The number of benzene rings is 2. The first kappa shape index (κ1) is 24.3. The Morgan fingerprint density at radius 3 is 2.54 bits per heavy atom. The maximum absolute atomic E-state index is 14.1. The number of carbonyl (C=O) groups excluding carboxylic acids is 2. The summed E-state index contributed by atoms with van der Waals surface area (Å²) in [6.45, 7) is 6.98. The molecule has 4 rings (SSSR count). The molecule has 1 aliphatic heterocycles. The van der Waals surface area contributed by atoms with Gasteiger partial charge in [-0.3, -0.25) is 14.4 Å². The Kier molecular flexibility index (Phi) is 6.33. The normalized spacial score (nSPS) is 15.7. The monoisotopic (exact) mass is 484 g/mol. The summed E-state index contributed by atoms with van der Waals surface area (Å²) in [5.41, 5.74) is 1.41. The van der Waals surface area contributed by atoms with Crippen molar-refractivity contribution in [2.75, 3.05) is 16.3 Å². The first-order valence-electron chi connectivity index (χ1n) is 11.1. The van der Waals surface area contributed by atoms with Crippen molar-refractivity contribution in [2.45, 2.75) is 45.9 Å². The topological polar surface area (TPSA) is 87.9 Å². The van der Waals surface area contributed by atoms with Gasteiger partial charge < -0.3 is 14.7 Å². The number of amides is 2. The van der Waals surface area contributed by atoms with E-state index >= 15 is 0 Å². The molecular formula is C25H26F2N4O4. The van der Waals surface area contributed by atoms with Crippen LogP contribution in [-0.4, -0.2) is 45.1 Å². The van der Waals surface area contributed by atoms with Crippen molar-refractivity contribution in [3.63, 3.8) is 0 Å². The summed E-state index contributed by atoms with van der Waals surface area (Å²) >= 11 is 0. The van der Waals surface area contributed by atoms with Crippen LogP contribution in [0.25, 0.3) is 11.1 Å². The summed E-state index contributed by atoms with van der Waals surface area (Å²) in [7, 11) is 0. The highest BCUT2D eigenvalue weighted by molar-refractivity contribution is 6.03. The van der Waals surface area contributed by atoms with Crippen LogP contribution < -0.4 is 14.5 Å². The fourth-order valence-corrected chi connectivity index (χ4v) is 4.16. The molecule has 8 nitrogen and oxygen atoms in total. The van der Waals surface area contributed by atoms with Gasteiger partial charge >= 0.3 is 6.09 Å². The van der Waals surface area contributed by atoms with Crippen molar-refractivity contribution in [1.82, 2.24) is 9.78 Å². The maximum Gasteiger partial charge on any atom is 0.419 e. The van der Waals surface area contributed by atoms with Crippen molar-refractivity contribution in [3.8, 4) is 16.9 Å². The average molecular weight is 485 g/mol. The van der Waals surface area contributed by atoms with Gasteiger partial charge in [-0.15, -0.1) is 0 Å². The van der Waals surface area contributed by atoms with Crippen LogP contribution in [0.5, 0.6) is 5.75 Å². The number of fused-ring (bicyclic) bond motifs is 1. The molecule has 0 saturated carbocycles. The first-order valence-corrected chi connectivity index (χ1v) is 11.1. The second-order valence-corrected chi connectivity index (χ2v) is 9.23. The number of nitrogens with zero attached hydrogens (tertiary/aromatic N) is 4. The minimum absolute atomic E-state index is 0.107. The number of ether oxygens (including phenoxy) is 1. The van der Waals surface area contributed by atoms with Crippen LogP contribution in [0.4, 0.5) is 25.0 Å². The molecule has 184 valence electrons. The lowest BCUT2D eigenvalue weighted by molar-refractivity contribution is -0.117. The fraction of sp³-hybridized carbons (Fsp3) is 0.320. The highest BCUT2D eigenvalue weighted by atomic mass is 19.1. The molecule has 2 amide bonds. The second-order valence-electron chi connectivity index (χ2n) is 9.23. The van der Waals surface area contributed by atoms with E-state index in [0.717, 1.165) is 23.3 Å². The molecule has 2 heterocycles. The predicted octanol–water partition coefficient (Wildman–Crippen LogP) is 4.36. The molecule has 0 saturated heterocycles. The van der Waals surface area contributed by atoms with Gasteiger partial charge in [0.2, 0.25) is 5.91 Å². The summed E-state index contributed by atoms with van der Waals surface area (Å²) in [6, 6.07) is 7.58. The molecule has 2 aromatic carbocycles. The van der Waals surface area contributed by atoms with Crippen LogP contribution in [0.3, 0.4) is 0 Å². The molecule has 35 heavy (non-hydrogen) atoms. The molecule has 3 aromatic rings. The summed E-state index contributed by atoms with van der Waals surface area (Å²) in [6.07, 6.45) is 2.55. The Hall–Kier alpha value is -3.79. The third kappa shape index (κ3) is 5.17. The zero-order valence-electron chi connectivity index (χ0n) is 19.8. The van der Waals surface area contributed by atoms with Gasteiger partial charge in [0.1, 0.15) is 5.82 Å². The van der Waals surface area contributed by atoms with E-state index < -0.39 is 29.1 Å². The van der Waals surface area contributed by atoms with E-state index in [0.29, 0.717) is 17.4 Å². The van der Waals surface area contributed by atoms with E-state index in [1.165, 1.54) is 11.8 Å². The van der Waals surface area contributed by atoms with Gasteiger partial charge in [-0.2, -0.15) is 5.10 Å². The molecule has 0 spiro atoms. The van der Waals surface area contributed by atoms with Crippen LogP contribution in [0.1, 0.15) is 27.7 Å². The van der Waals surface area contributed by atoms with Gasteiger partial charge in [0.25, 0.3) is 0 Å². The van der Waals surface area contributed by atoms with Crippen molar-refractivity contribution in [1.29, 1.82) is 0 Å². The summed E-state index contributed by atoms with van der Waals surface area (Å²) < 4.78 is 34.2. The molecule has 0 bridgehead atoms. The molecule has 10 heteroatoms. The van der Waals surface area contributed by atoms with E-state index in [2.05, 4.69) is 5.10 Å². The summed E-state index contributed by atoms with van der Waals surface area (Å²) in [5.74, 6) is -2.38. The number of aliphatic hydroxyl groups is 1. The largest absolute Gasteiger partial charge is 0.419 e. The number of halogens is 2. The molecule has 0 aliphatic carbocycles. The minimum atomic E-state index is -0.998. The van der Waals surface area contributed by atoms with Crippen LogP contribution in [0.2, 0.25) is 0 Å². The highest BCUT2D eigenvalue weighted by Crippen LogP contribution is 2.39. The van der Waals surface area contributed by atoms with E-state index in [4.69, 9.17) is 4.74 Å². The zero-order chi connectivity index (χ0) is 25.5. The van der Waals surface area contributed by atoms with E-state index in [-0.39, 0.29) is 25.0 Å². The number of anilines is 2. The standard InChI is InChI=1S/C25H26F2N4O4/c1-15-12-30(24(33)35-23-8-6-19(26)10-20(23)27)22-9-17(5-7-21(22)31(15)16(2)32)18-11-28-29(13-18)14-25(3,4)34/h5-11,13,15,34H,12,14H2,1-4H3/t15-/m0/s1. The lowest BCUT2D eigenvalue weighted by atomic mass is 10.0. The highest BCUT2D eigenvalue weighted by Gasteiger charge is 2.35. The molecule has 1 aliphatic rings. The van der Waals surface area contributed by atoms with Crippen molar-refractivity contribution < 1.29 is 28.2 Å². The Bertz CT molecular complexity index is 1280. The number of carbonyl (C=O) groups is 2. The molecular weight excluding hydrogens is 458 g/mol. The Morgan fingerprint density at radius 1 is 1.14 bits per heavy atom. The van der Waals surface area contributed by atoms with Crippen LogP contribution >= 0.6 is 0 Å². The quantitative estimate of drug-likeness (QED) is 0.595. The lowest BCUT2D eigenvalue weighted by Crippen LogP contribution is -2.52. The zero-order valence-corrected chi connectivity index (χ0v) is 19.8. The Morgan fingerprint density at radius 2 is 1.89 bits per heavy atom. The van der Waals surface area contributed by atoms with Gasteiger partial charge in [-0.05, 0) is 50.6 Å². The summed E-state index contributed by atoms with van der Waals surface area (Å²) in [5, 5.41) is 14.3. The van der Waals surface area contributed by atoms with Crippen molar-refractivity contribution in [2.24, 2.45) is 0 Å². The Labute approximate surface area is 201 Å². The maximum atomic E-state index is 14.1. The second kappa shape index (κ2) is 9.10. The van der Waals surface area contributed by atoms with E-state index in [1.54, 1.807) is 60.9 Å². The molecule has 0 fully saturated rings. The fourth-order valence-electron chi connectivity index (χ4n) is 4.16. The number of hydrogen-bond donors (Lipinski definition) is 1. The third-order valence-electron chi connectivity index (χ3n) is 5.58. The number of aromatic nitrogens is 2. The lowest BCUT2D eigenvalue weighted by Gasteiger charge is -2.40. The molecule has 1 aromatic heterocycles. The number of hydrogen-bond acceptors (Lipinski definition) is 5. The average Bonchev–Trinajstić information content (AvgIpc) is 3.21. The van der Waals surface area contributed by atoms with E-state index in [1.807, 2.05) is 0 Å². The van der Waals surface area contributed by atoms with Gasteiger partial charge in [-0.1, -0.05) is 6.07 Å². The first-order chi connectivity index (χ1) is 16.4. The van der Waals surface area contributed by atoms with Gasteiger partial charge in [0.05, 0.1) is 35.8 Å². The van der Waals surface area contributed by atoms with Crippen molar-refractivity contribution >= 4 is 23.4 Å². The van der Waals surface area contributed by atoms with Gasteiger partial charge in [-0.25, -0.2) is 13.6 Å². The van der Waals surface area contributed by atoms with E-state index in [9.17, 15) is 23.5 Å². The SMILES string of the molecule is CC(=O)N1c2ccc(-c3cnn(CC(C)(C)O)c3)cc2N(C(=O)Oc2ccc(F)cc2F)C[C@@H]1C. The van der Waals surface area contributed by atoms with Crippen LogP contribution in [0, 0.1) is 11.6 Å². The van der Waals surface area contributed by atoms with Gasteiger partial charge in [0.15, 0.2) is 11.6 Å². The van der Waals surface area contributed by atoms with Crippen molar-refractivity contribution in [3.05, 3.63) is 60.4 Å². The number of rotatable bonds is 4. The van der Waals surface area contributed by atoms with Crippen LogP contribution in [-0.2, 0) is 11.3 Å². The predicted molar refractivity (Wildman–Crippen MR) is 126 cm³/mol. The smallest absolute Gasteiger partial charge is 0.407 e. The molecule has 0 radical (unpaired) electrons. The Balaban J connectivity index is 1.72.